The van der Waals surface area contributed by atoms with Gasteiger partial charge in [0.1, 0.15) is 0 Å². The fourth-order valence-corrected chi connectivity index (χ4v) is 3.99. The zero-order chi connectivity index (χ0) is 24.3. The molecule has 0 aliphatic carbocycles. The van der Waals surface area contributed by atoms with Crippen molar-refractivity contribution in [2.24, 2.45) is 0 Å². The normalized spacial score (nSPS) is 16.3. The predicted molar refractivity (Wildman–Crippen MR) is 129 cm³/mol. The molecular weight excluding hydrogens is 443 g/mol. The second-order valence-electron chi connectivity index (χ2n) is 8.83. The second kappa shape index (κ2) is 26.6. The third kappa shape index (κ3) is 32.0. The molecule has 9 heteroatoms. The number of hydrogen-bond donors (Lipinski definition) is 2. The number of hydrogen-bond acceptors (Lipinski definition) is 6. The highest BCUT2D eigenvalue weighted by Crippen LogP contribution is 2.24. The average molecular weight is 497 g/mol. The lowest BCUT2D eigenvalue weighted by Gasteiger charge is -2.28. The minimum Gasteiger partial charge on any atom is -0.790 e. The number of nitrogens with two attached hydrogens (primary N) is 2. The summed E-state index contributed by atoms with van der Waals surface area (Å²) in [6, 6.07) is 0. The van der Waals surface area contributed by atoms with Crippen LogP contribution in [0.1, 0.15) is 96.8 Å². The summed E-state index contributed by atoms with van der Waals surface area (Å²) in [6.45, 7) is 10.7. The molecule has 0 radical (unpaired) electrons. The molecule has 2 aliphatic heterocycles. The van der Waals surface area contributed by atoms with E-state index >= 15 is 0 Å². The molecule has 0 saturated carbocycles. The number of morpholine rings is 2. The Balaban J connectivity index is 0.000000676. The van der Waals surface area contributed by atoms with Crippen molar-refractivity contribution in [3.8, 4) is 0 Å². The Bertz CT molecular complexity index is 383. The van der Waals surface area contributed by atoms with Crippen molar-refractivity contribution in [3.05, 3.63) is 0 Å². The van der Waals surface area contributed by atoms with E-state index in [0.29, 0.717) is 6.42 Å². The Hall–Kier alpha value is -0.0500. The minimum absolute atomic E-state index is 0.0440. The van der Waals surface area contributed by atoms with Gasteiger partial charge in [-0.05, 0) is 6.42 Å². The van der Waals surface area contributed by atoms with Gasteiger partial charge < -0.3 is 39.0 Å². The van der Waals surface area contributed by atoms with Crippen molar-refractivity contribution in [3.63, 3.8) is 0 Å². The molecule has 33 heavy (non-hydrogen) atoms. The quantitative estimate of drug-likeness (QED) is 0.246. The molecule has 2 saturated heterocycles. The van der Waals surface area contributed by atoms with E-state index in [4.69, 9.17) is 9.47 Å². The zero-order valence-electron chi connectivity index (χ0n) is 21.3. The molecule has 4 N–H and O–H groups in total. The molecule has 2 fully saturated rings. The average Bonchev–Trinajstić information content (AvgIpc) is 2.84. The number of rotatable bonds is 16. The van der Waals surface area contributed by atoms with E-state index in [0.717, 1.165) is 65.4 Å². The fourth-order valence-electron chi connectivity index (χ4n) is 3.63. The van der Waals surface area contributed by atoms with Gasteiger partial charge in [-0.25, -0.2) is 0 Å². The molecule has 2 rings (SSSR count). The Morgan fingerprint density at radius 2 is 0.970 bits per heavy atom. The van der Waals surface area contributed by atoms with Gasteiger partial charge in [-0.15, -0.1) is 0 Å². The number of unbranched alkanes of at least 4 members (excludes halogenated alkanes) is 13. The first-order chi connectivity index (χ1) is 16.1. The van der Waals surface area contributed by atoms with Gasteiger partial charge in [0, 0.05) is 0 Å². The Morgan fingerprint density at radius 1 is 0.636 bits per heavy atom. The summed E-state index contributed by atoms with van der Waals surface area (Å²) in [5, 5.41) is 4.53. The zero-order valence-corrected chi connectivity index (χ0v) is 22.2. The van der Waals surface area contributed by atoms with Crippen LogP contribution in [0, 0.1) is 0 Å². The summed E-state index contributed by atoms with van der Waals surface area (Å²) in [7, 11) is -4.75. The van der Waals surface area contributed by atoms with E-state index in [1.54, 1.807) is 0 Å². The maximum absolute atomic E-state index is 10.2. The van der Waals surface area contributed by atoms with Crippen molar-refractivity contribution in [2.75, 3.05) is 59.2 Å². The SMILES string of the molecule is C1COCC[NH2+]1.C1COCC[NH2+]1.CCCCCCCCCCCCCCCCOP(=O)([O-])[O-]. The summed E-state index contributed by atoms with van der Waals surface area (Å²) in [5.74, 6) is 0. The first-order valence-corrected chi connectivity index (χ1v) is 15.0. The highest BCUT2D eigenvalue weighted by Gasteiger charge is 1.98. The van der Waals surface area contributed by atoms with Crippen molar-refractivity contribution in [1.29, 1.82) is 0 Å². The van der Waals surface area contributed by atoms with Crippen molar-refractivity contribution >= 4 is 7.82 Å². The van der Waals surface area contributed by atoms with Crippen LogP contribution in [0.2, 0.25) is 0 Å². The van der Waals surface area contributed by atoms with Gasteiger partial charge >= 0.3 is 0 Å². The van der Waals surface area contributed by atoms with Crippen LogP contribution in [0.5, 0.6) is 0 Å². The third-order valence-electron chi connectivity index (χ3n) is 5.61. The van der Waals surface area contributed by atoms with Crippen molar-refractivity contribution < 1.29 is 39.0 Å². The van der Waals surface area contributed by atoms with Crippen LogP contribution in [-0.4, -0.2) is 59.2 Å². The Kier molecular flexibility index (Phi) is 26.5. The maximum Gasteiger partial charge on any atom is 0.0993 e. The lowest BCUT2D eigenvalue weighted by molar-refractivity contribution is -0.670. The van der Waals surface area contributed by atoms with Gasteiger partial charge in [0.2, 0.25) is 0 Å². The molecule has 0 spiro atoms. The molecular formula is C24H53N2O6P. The van der Waals surface area contributed by atoms with E-state index in [2.05, 4.69) is 22.1 Å². The van der Waals surface area contributed by atoms with Gasteiger partial charge in [0.05, 0.1) is 67.0 Å². The van der Waals surface area contributed by atoms with Gasteiger partial charge in [-0.2, -0.15) is 0 Å². The summed E-state index contributed by atoms with van der Waals surface area (Å²) in [5.41, 5.74) is 0. The Labute approximate surface area is 203 Å². The molecule has 0 bridgehead atoms. The van der Waals surface area contributed by atoms with Crippen LogP contribution in [0.4, 0.5) is 0 Å². The highest BCUT2D eigenvalue weighted by atomic mass is 31.2. The molecule has 0 atom stereocenters. The lowest BCUT2D eigenvalue weighted by Crippen LogP contribution is -2.87. The number of ether oxygens (including phenoxy) is 2. The third-order valence-corrected chi connectivity index (χ3v) is 6.11. The highest BCUT2D eigenvalue weighted by molar-refractivity contribution is 7.43. The molecule has 2 aliphatic rings. The molecule has 8 nitrogen and oxygen atoms in total. The standard InChI is InChI=1S/C16H35O4P.2C4H9NO/c1-2-3-4-5-6-7-8-9-10-11-12-13-14-15-16-20-21(17,18)19;2*1-3-6-4-2-5-1/h2-16H2,1H3,(H2,17,18,19);2*5H,1-4H2. The van der Waals surface area contributed by atoms with Crippen LogP contribution in [0.3, 0.4) is 0 Å². The molecule has 0 aromatic carbocycles. The monoisotopic (exact) mass is 496 g/mol. The first kappa shape index (κ1) is 33.0. The summed E-state index contributed by atoms with van der Waals surface area (Å²) < 4.78 is 24.5. The molecule has 0 aromatic rings. The van der Waals surface area contributed by atoms with E-state index in [9.17, 15) is 14.4 Å². The van der Waals surface area contributed by atoms with Crippen LogP contribution >= 0.6 is 7.82 Å². The van der Waals surface area contributed by atoms with Gasteiger partial charge in [0.25, 0.3) is 0 Å². The Morgan fingerprint density at radius 3 is 1.21 bits per heavy atom. The molecule has 200 valence electrons. The minimum atomic E-state index is -4.75. The van der Waals surface area contributed by atoms with E-state index in [-0.39, 0.29) is 6.61 Å². The summed E-state index contributed by atoms with van der Waals surface area (Å²) >= 11 is 0. The lowest BCUT2D eigenvalue weighted by atomic mass is 10.0. The largest absolute Gasteiger partial charge is 0.790 e. The summed E-state index contributed by atoms with van der Waals surface area (Å²) in [6.07, 6.45) is 17.4. The van der Waals surface area contributed by atoms with Gasteiger partial charge in [0.15, 0.2) is 0 Å². The van der Waals surface area contributed by atoms with Crippen LogP contribution in [0.15, 0.2) is 0 Å². The topological polar surface area (TPSA) is 124 Å². The molecule has 0 aromatic heterocycles. The smallest absolute Gasteiger partial charge is 0.0993 e. The van der Waals surface area contributed by atoms with Crippen LogP contribution < -0.4 is 20.4 Å². The molecule has 0 unspecified atom stereocenters. The molecule has 2 heterocycles. The fraction of sp³-hybridized carbons (Fsp3) is 1.00. The van der Waals surface area contributed by atoms with E-state index < -0.39 is 7.82 Å². The number of quaternary nitrogens is 2. The first-order valence-electron chi connectivity index (χ1n) is 13.5. The second-order valence-corrected chi connectivity index (χ2v) is 9.99. The number of phosphoric acid groups is 1. The summed E-state index contributed by atoms with van der Waals surface area (Å²) in [4.78, 5) is 20.4. The van der Waals surface area contributed by atoms with Gasteiger partial charge in [-0.3, -0.25) is 0 Å². The number of phosphoric ester groups is 1. The van der Waals surface area contributed by atoms with Crippen LogP contribution in [0.25, 0.3) is 0 Å². The van der Waals surface area contributed by atoms with Crippen molar-refractivity contribution in [1.82, 2.24) is 0 Å². The predicted octanol–water partition coefficient (Wildman–Crippen LogP) is 1.47. The molecule has 0 amide bonds. The van der Waals surface area contributed by atoms with Gasteiger partial charge in [-0.1, -0.05) is 90.4 Å². The van der Waals surface area contributed by atoms with Crippen LogP contribution in [-0.2, 0) is 18.6 Å². The van der Waals surface area contributed by atoms with Crippen molar-refractivity contribution in [2.45, 2.75) is 96.8 Å². The maximum atomic E-state index is 10.2. The van der Waals surface area contributed by atoms with E-state index in [1.807, 2.05) is 0 Å². The van der Waals surface area contributed by atoms with E-state index in [1.165, 1.54) is 70.6 Å².